The van der Waals surface area contributed by atoms with E-state index < -0.39 is 0 Å². The van der Waals surface area contributed by atoms with Crippen molar-refractivity contribution < 1.29 is 9.59 Å². The van der Waals surface area contributed by atoms with E-state index in [0.717, 1.165) is 0 Å². The van der Waals surface area contributed by atoms with Gasteiger partial charge in [-0.1, -0.05) is 6.92 Å². The average molecular weight is 237 g/mol. The van der Waals surface area contributed by atoms with Crippen LogP contribution in [0.2, 0.25) is 0 Å². The number of H-pyrrole nitrogens is 1. The first kappa shape index (κ1) is 11.6. The van der Waals surface area contributed by atoms with Crippen LogP contribution in [0.3, 0.4) is 0 Å². The molecular formula is C10H15N5O2. The standard InChI is InChI=1S/C10H15N5O2/c1-2-7-12-9(14-13-7)10(17)15-5-3-8(16)11-4-6-15/h2-6H2,1H3,(H,11,16)(H,12,13,14). The lowest BCUT2D eigenvalue weighted by atomic mass is 10.3. The molecule has 7 nitrogen and oxygen atoms in total. The molecule has 7 heteroatoms. The fraction of sp³-hybridized carbons (Fsp3) is 0.600. The minimum Gasteiger partial charge on any atom is -0.354 e. The summed E-state index contributed by atoms with van der Waals surface area (Å²) in [4.78, 5) is 28.9. The number of aryl methyl sites for hydroxylation is 1. The summed E-state index contributed by atoms with van der Waals surface area (Å²) in [7, 11) is 0. The third-order valence-electron chi connectivity index (χ3n) is 2.66. The van der Waals surface area contributed by atoms with Crippen molar-refractivity contribution in [3.05, 3.63) is 11.6 Å². The Balaban J connectivity index is 2.06. The molecule has 1 aliphatic heterocycles. The fourth-order valence-corrected chi connectivity index (χ4v) is 1.66. The van der Waals surface area contributed by atoms with Crippen LogP contribution in [0.4, 0.5) is 0 Å². The molecule has 0 aromatic carbocycles. The minimum absolute atomic E-state index is 0.0236. The second-order valence-electron chi connectivity index (χ2n) is 3.85. The molecule has 0 atom stereocenters. The van der Waals surface area contributed by atoms with E-state index >= 15 is 0 Å². The number of hydrogen-bond donors (Lipinski definition) is 2. The summed E-state index contributed by atoms with van der Waals surface area (Å²) in [6.07, 6.45) is 1.04. The SMILES string of the molecule is CCc1nc(C(=O)N2CCNC(=O)CC2)n[nH]1. The number of amides is 2. The van der Waals surface area contributed by atoms with Crippen molar-refractivity contribution in [2.45, 2.75) is 19.8 Å². The Hall–Kier alpha value is -1.92. The zero-order valence-electron chi connectivity index (χ0n) is 9.69. The molecule has 2 heterocycles. The van der Waals surface area contributed by atoms with Gasteiger partial charge < -0.3 is 10.2 Å². The number of nitrogens with one attached hydrogen (secondary N) is 2. The summed E-state index contributed by atoms with van der Waals surface area (Å²) in [5, 5.41) is 9.30. The van der Waals surface area contributed by atoms with Crippen LogP contribution in [0.25, 0.3) is 0 Å². The van der Waals surface area contributed by atoms with Gasteiger partial charge in [0, 0.05) is 32.5 Å². The summed E-state index contributed by atoms with van der Waals surface area (Å²) in [6, 6.07) is 0. The van der Waals surface area contributed by atoms with E-state index in [-0.39, 0.29) is 17.6 Å². The maximum atomic E-state index is 12.0. The van der Waals surface area contributed by atoms with Crippen molar-refractivity contribution >= 4 is 11.8 Å². The molecule has 1 aromatic rings. The summed E-state index contributed by atoms with van der Waals surface area (Å²) < 4.78 is 0. The zero-order valence-corrected chi connectivity index (χ0v) is 9.69. The van der Waals surface area contributed by atoms with Crippen molar-refractivity contribution in [3.8, 4) is 0 Å². The number of aromatic nitrogens is 3. The van der Waals surface area contributed by atoms with Gasteiger partial charge in [-0.15, -0.1) is 5.10 Å². The third-order valence-corrected chi connectivity index (χ3v) is 2.66. The number of carbonyl (C=O) groups excluding carboxylic acids is 2. The van der Waals surface area contributed by atoms with E-state index in [1.807, 2.05) is 6.92 Å². The van der Waals surface area contributed by atoms with Crippen LogP contribution >= 0.6 is 0 Å². The van der Waals surface area contributed by atoms with E-state index in [9.17, 15) is 9.59 Å². The molecule has 2 amide bonds. The van der Waals surface area contributed by atoms with Crippen LogP contribution in [0.1, 0.15) is 29.8 Å². The van der Waals surface area contributed by atoms with Crippen molar-refractivity contribution in [1.29, 1.82) is 0 Å². The predicted octanol–water partition coefficient (Wildman–Crippen LogP) is -0.671. The first-order chi connectivity index (χ1) is 8.20. The van der Waals surface area contributed by atoms with Crippen molar-refractivity contribution in [2.75, 3.05) is 19.6 Å². The number of nitrogens with zero attached hydrogens (tertiary/aromatic N) is 3. The van der Waals surface area contributed by atoms with Crippen LogP contribution < -0.4 is 5.32 Å². The Kier molecular flexibility index (Phi) is 3.36. The van der Waals surface area contributed by atoms with E-state index in [2.05, 4.69) is 20.5 Å². The maximum Gasteiger partial charge on any atom is 0.293 e. The van der Waals surface area contributed by atoms with E-state index in [1.165, 1.54) is 0 Å². The average Bonchev–Trinajstić information content (AvgIpc) is 2.71. The number of aromatic amines is 1. The number of rotatable bonds is 2. The highest BCUT2D eigenvalue weighted by atomic mass is 16.2. The predicted molar refractivity (Wildman–Crippen MR) is 59.3 cm³/mol. The van der Waals surface area contributed by atoms with Gasteiger partial charge in [-0.25, -0.2) is 4.98 Å². The molecule has 0 radical (unpaired) electrons. The Morgan fingerprint density at radius 1 is 1.47 bits per heavy atom. The molecule has 1 aromatic heterocycles. The first-order valence-electron chi connectivity index (χ1n) is 5.68. The molecule has 2 rings (SSSR count). The van der Waals surface area contributed by atoms with Gasteiger partial charge in [0.2, 0.25) is 11.7 Å². The van der Waals surface area contributed by atoms with Gasteiger partial charge in [-0.2, -0.15) is 0 Å². The Morgan fingerprint density at radius 3 is 3.00 bits per heavy atom. The van der Waals surface area contributed by atoms with Gasteiger partial charge in [0.1, 0.15) is 5.82 Å². The molecule has 0 bridgehead atoms. The fourth-order valence-electron chi connectivity index (χ4n) is 1.66. The van der Waals surface area contributed by atoms with Gasteiger partial charge >= 0.3 is 0 Å². The smallest absolute Gasteiger partial charge is 0.293 e. The van der Waals surface area contributed by atoms with Crippen LogP contribution in [0, 0.1) is 0 Å². The molecule has 1 aliphatic rings. The molecule has 0 spiro atoms. The van der Waals surface area contributed by atoms with E-state index in [1.54, 1.807) is 4.90 Å². The zero-order chi connectivity index (χ0) is 12.3. The summed E-state index contributed by atoms with van der Waals surface area (Å²) >= 11 is 0. The molecule has 0 aliphatic carbocycles. The normalized spacial score (nSPS) is 16.5. The highest BCUT2D eigenvalue weighted by molar-refractivity contribution is 5.91. The molecule has 1 saturated heterocycles. The van der Waals surface area contributed by atoms with E-state index in [4.69, 9.17) is 0 Å². The number of carbonyl (C=O) groups is 2. The lowest BCUT2D eigenvalue weighted by Crippen LogP contribution is -2.34. The second kappa shape index (κ2) is 4.94. The molecule has 0 saturated carbocycles. The third kappa shape index (κ3) is 2.61. The van der Waals surface area contributed by atoms with Crippen LogP contribution in [0.5, 0.6) is 0 Å². The quantitative estimate of drug-likeness (QED) is 0.713. The summed E-state index contributed by atoms with van der Waals surface area (Å²) in [6.45, 7) is 3.33. The molecular weight excluding hydrogens is 222 g/mol. The van der Waals surface area contributed by atoms with Crippen LogP contribution in [-0.2, 0) is 11.2 Å². The topological polar surface area (TPSA) is 91.0 Å². The molecule has 0 unspecified atom stereocenters. The Bertz CT molecular complexity index is 428. The summed E-state index contributed by atoms with van der Waals surface area (Å²) in [5.74, 6) is 0.621. The second-order valence-corrected chi connectivity index (χ2v) is 3.85. The maximum absolute atomic E-state index is 12.0. The van der Waals surface area contributed by atoms with Crippen LogP contribution in [-0.4, -0.2) is 51.5 Å². The largest absolute Gasteiger partial charge is 0.354 e. The number of hydrogen-bond acceptors (Lipinski definition) is 4. The van der Waals surface area contributed by atoms with Gasteiger partial charge in [-0.3, -0.25) is 14.7 Å². The van der Waals surface area contributed by atoms with Gasteiger partial charge in [0.05, 0.1) is 0 Å². The van der Waals surface area contributed by atoms with Gasteiger partial charge in [0.25, 0.3) is 5.91 Å². The molecule has 2 N–H and O–H groups in total. The van der Waals surface area contributed by atoms with E-state index in [0.29, 0.717) is 38.3 Å². The van der Waals surface area contributed by atoms with Crippen LogP contribution in [0.15, 0.2) is 0 Å². The molecule has 1 fully saturated rings. The monoisotopic (exact) mass is 237 g/mol. The van der Waals surface area contributed by atoms with Gasteiger partial charge in [0.15, 0.2) is 0 Å². The minimum atomic E-state index is -0.225. The molecule has 17 heavy (non-hydrogen) atoms. The van der Waals surface area contributed by atoms with Gasteiger partial charge in [-0.05, 0) is 0 Å². The highest BCUT2D eigenvalue weighted by Crippen LogP contribution is 2.03. The lowest BCUT2D eigenvalue weighted by molar-refractivity contribution is -0.120. The Labute approximate surface area is 98.6 Å². The lowest BCUT2D eigenvalue weighted by Gasteiger charge is -2.17. The Morgan fingerprint density at radius 2 is 2.29 bits per heavy atom. The molecule has 92 valence electrons. The summed E-state index contributed by atoms with van der Waals surface area (Å²) in [5.41, 5.74) is 0. The van der Waals surface area contributed by atoms with Crippen molar-refractivity contribution in [1.82, 2.24) is 25.4 Å². The highest BCUT2D eigenvalue weighted by Gasteiger charge is 2.22. The van der Waals surface area contributed by atoms with Crippen molar-refractivity contribution in [3.63, 3.8) is 0 Å². The first-order valence-corrected chi connectivity index (χ1v) is 5.68. The van der Waals surface area contributed by atoms with Crippen molar-refractivity contribution in [2.24, 2.45) is 0 Å².